The van der Waals surface area contributed by atoms with Gasteiger partial charge in [-0.1, -0.05) is 18.2 Å². The number of benzene rings is 2. The van der Waals surface area contributed by atoms with Crippen molar-refractivity contribution in [3.63, 3.8) is 0 Å². The number of nitrogens with zero attached hydrogens (tertiary/aromatic N) is 1. The lowest BCUT2D eigenvalue weighted by Gasteiger charge is -2.08. The summed E-state index contributed by atoms with van der Waals surface area (Å²) in [5.41, 5.74) is 3.38. The van der Waals surface area contributed by atoms with Gasteiger partial charge in [0.2, 0.25) is 0 Å². The molecule has 4 nitrogen and oxygen atoms in total. The largest absolute Gasteiger partial charge is 0.508 e. The van der Waals surface area contributed by atoms with Crippen molar-refractivity contribution >= 4 is 11.4 Å². The van der Waals surface area contributed by atoms with Crippen molar-refractivity contribution in [1.29, 1.82) is 0 Å². The van der Waals surface area contributed by atoms with Crippen LogP contribution >= 0.6 is 0 Å². The highest BCUT2D eigenvalue weighted by Gasteiger charge is 2.02. The van der Waals surface area contributed by atoms with E-state index in [2.05, 4.69) is 10.3 Å². The summed E-state index contributed by atoms with van der Waals surface area (Å²) >= 11 is 0. The Hall–Kier alpha value is -3.01. The van der Waals surface area contributed by atoms with E-state index in [-0.39, 0.29) is 11.5 Å². The molecule has 0 spiro atoms. The van der Waals surface area contributed by atoms with Crippen LogP contribution in [0.3, 0.4) is 0 Å². The fraction of sp³-hybridized carbons (Fsp3) is 0. The second-order valence-corrected chi connectivity index (χ2v) is 4.69. The summed E-state index contributed by atoms with van der Waals surface area (Å²) in [5, 5.41) is 22.2. The quantitative estimate of drug-likeness (QED) is 0.679. The van der Waals surface area contributed by atoms with Gasteiger partial charge in [0.05, 0.1) is 11.9 Å². The van der Waals surface area contributed by atoms with Gasteiger partial charge in [-0.05, 0) is 35.9 Å². The molecule has 104 valence electrons. The van der Waals surface area contributed by atoms with E-state index < -0.39 is 0 Å². The van der Waals surface area contributed by atoms with Crippen LogP contribution in [0.1, 0.15) is 0 Å². The van der Waals surface area contributed by atoms with Gasteiger partial charge < -0.3 is 15.5 Å². The Morgan fingerprint density at radius 1 is 0.714 bits per heavy atom. The zero-order valence-electron chi connectivity index (χ0n) is 11.2. The molecule has 21 heavy (non-hydrogen) atoms. The zero-order chi connectivity index (χ0) is 14.7. The summed E-state index contributed by atoms with van der Waals surface area (Å²) in [4.78, 5) is 4.20. The van der Waals surface area contributed by atoms with Crippen molar-refractivity contribution in [3.8, 4) is 22.6 Å². The maximum absolute atomic E-state index is 9.55. The topological polar surface area (TPSA) is 65.4 Å². The van der Waals surface area contributed by atoms with Gasteiger partial charge >= 0.3 is 0 Å². The minimum absolute atomic E-state index is 0.206. The molecule has 0 bridgehead atoms. The van der Waals surface area contributed by atoms with Crippen LogP contribution in [-0.4, -0.2) is 15.2 Å². The molecule has 1 aromatic heterocycles. The number of phenols is 2. The predicted molar refractivity (Wildman–Crippen MR) is 82.7 cm³/mol. The van der Waals surface area contributed by atoms with Gasteiger partial charge in [0.1, 0.15) is 11.5 Å². The Labute approximate surface area is 122 Å². The first-order chi connectivity index (χ1) is 10.2. The number of aromatic hydroxyl groups is 2. The van der Waals surface area contributed by atoms with E-state index in [1.54, 1.807) is 48.8 Å². The highest BCUT2D eigenvalue weighted by molar-refractivity contribution is 5.70. The lowest BCUT2D eigenvalue weighted by atomic mass is 10.1. The molecule has 1 heterocycles. The predicted octanol–water partition coefficient (Wildman–Crippen LogP) is 3.90. The summed E-state index contributed by atoms with van der Waals surface area (Å²) in [5.74, 6) is 0.427. The molecule has 0 aliphatic rings. The summed E-state index contributed by atoms with van der Waals surface area (Å²) in [7, 11) is 0. The third kappa shape index (κ3) is 3.12. The van der Waals surface area contributed by atoms with E-state index in [4.69, 9.17) is 0 Å². The Morgan fingerprint density at radius 2 is 1.48 bits per heavy atom. The number of anilines is 2. The van der Waals surface area contributed by atoms with Gasteiger partial charge in [0.25, 0.3) is 0 Å². The molecule has 0 unspecified atom stereocenters. The number of aromatic nitrogens is 1. The van der Waals surface area contributed by atoms with Gasteiger partial charge in [0.15, 0.2) is 0 Å². The molecule has 0 saturated carbocycles. The van der Waals surface area contributed by atoms with Gasteiger partial charge in [-0.3, -0.25) is 4.98 Å². The molecule has 0 aliphatic carbocycles. The van der Waals surface area contributed by atoms with E-state index in [1.165, 1.54) is 0 Å². The van der Waals surface area contributed by atoms with Crippen molar-refractivity contribution in [2.75, 3.05) is 5.32 Å². The molecule has 3 N–H and O–H groups in total. The first-order valence-electron chi connectivity index (χ1n) is 6.51. The standard InChI is InChI=1S/C17H14N2O2/c20-16-5-1-3-12(8-16)13-7-15(11-18-10-13)19-14-4-2-6-17(21)9-14/h1-11,19-21H. The Balaban J connectivity index is 1.90. The second kappa shape index (κ2) is 5.54. The Kier molecular flexibility index (Phi) is 3.43. The molecule has 3 aromatic rings. The van der Waals surface area contributed by atoms with E-state index in [9.17, 15) is 10.2 Å². The fourth-order valence-corrected chi connectivity index (χ4v) is 2.10. The van der Waals surface area contributed by atoms with E-state index in [1.807, 2.05) is 18.2 Å². The van der Waals surface area contributed by atoms with Crippen molar-refractivity contribution < 1.29 is 10.2 Å². The van der Waals surface area contributed by atoms with Crippen molar-refractivity contribution in [3.05, 3.63) is 67.0 Å². The Morgan fingerprint density at radius 3 is 2.24 bits per heavy atom. The fourth-order valence-electron chi connectivity index (χ4n) is 2.10. The van der Waals surface area contributed by atoms with Crippen LogP contribution in [0.4, 0.5) is 11.4 Å². The van der Waals surface area contributed by atoms with E-state index in [0.717, 1.165) is 22.5 Å². The van der Waals surface area contributed by atoms with Crippen LogP contribution in [-0.2, 0) is 0 Å². The molecule has 0 amide bonds. The van der Waals surface area contributed by atoms with Gasteiger partial charge in [-0.2, -0.15) is 0 Å². The average Bonchev–Trinajstić information content (AvgIpc) is 2.47. The number of hydrogen-bond acceptors (Lipinski definition) is 4. The van der Waals surface area contributed by atoms with Crippen molar-refractivity contribution in [2.45, 2.75) is 0 Å². The van der Waals surface area contributed by atoms with Crippen LogP contribution in [0.5, 0.6) is 11.5 Å². The first kappa shape index (κ1) is 13.0. The van der Waals surface area contributed by atoms with Gasteiger partial charge in [-0.15, -0.1) is 0 Å². The zero-order valence-corrected chi connectivity index (χ0v) is 11.2. The SMILES string of the molecule is Oc1cccc(Nc2cncc(-c3cccc(O)c3)c2)c1. The van der Waals surface area contributed by atoms with Crippen LogP contribution in [0.25, 0.3) is 11.1 Å². The smallest absolute Gasteiger partial charge is 0.117 e. The number of rotatable bonds is 3. The molecular weight excluding hydrogens is 264 g/mol. The number of nitrogens with one attached hydrogen (secondary N) is 1. The molecule has 2 aromatic carbocycles. The minimum Gasteiger partial charge on any atom is -0.508 e. The number of hydrogen-bond donors (Lipinski definition) is 3. The lowest BCUT2D eigenvalue weighted by Crippen LogP contribution is -1.91. The molecule has 4 heteroatoms. The second-order valence-electron chi connectivity index (χ2n) is 4.69. The van der Waals surface area contributed by atoms with E-state index >= 15 is 0 Å². The molecule has 3 rings (SSSR count). The maximum Gasteiger partial charge on any atom is 0.117 e. The third-order valence-corrected chi connectivity index (χ3v) is 3.05. The molecule has 0 saturated heterocycles. The molecule has 0 radical (unpaired) electrons. The molecular formula is C17H14N2O2. The Bertz CT molecular complexity index is 772. The molecule has 0 fully saturated rings. The van der Waals surface area contributed by atoms with E-state index in [0.29, 0.717) is 0 Å². The molecule has 0 aliphatic heterocycles. The summed E-state index contributed by atoms with van der Waals surface area (Å²) < 4.78 is 0. The average molecular weight is 278 g/mol. The summed E-state index contributed by atoms with van der Waals surface area (Å²) in [6.07, 6.45) is 3.44. The van der Waals surface area contributed by atoms with Crippen LogP contribution in [0.15, 0.2) is 67.0 Å². The maximum atomic E-state index is 9.55. The van der Waals surface area contributed by atoms with Crippen LogP contribution in [0, 0.1) is 0 Å². The first-order valence-corrected chi connectivity index (χ1v) is 6.51. The lowest BCUT2D eigenvalue weighted by molar-refractivity contribution is 0.475. The van der Waals surface area contributed by atoms with Crippen molar-refractivity contribution in [1.82, 2.24) is 4.98 Å². The number of phenolic OH excluding ortho intramolecular Hbond substituents is 2. The van der Waals surface area contributed by atoms with Crippen LogP contribution in [0.2, 0.25) is 0 Å². The number of pyridine rings is 1. The third-order valence-electron chi connectivity index (χ3n) is 3.05. The van der Waals surface area contributed by atoms with Crippen molar-refractivity contribution in [2.24, 2.45) is 0 Å². The highest BCUT2D eigenvalue weighted by atomic mass is 16.3. The monoisotopic (exact) mass is 278 g/mol. The summed E-state index contributed by atoms with van der Waals surface area (Å²) in [6.45, 7) is 0. The van der Waals surface area contributed by atoms with Crippen LogP contribution < -0.4 is 5.32 Å². The molecule has 0 atom stereocenters. The highest BCUT2D eigenvalue weighted by Crippen LogP contribution is 2.26. The summed E-state index contributed by atoms with van der Waals surface area (Å²) in [6, 6.07) is 15.8. The van der Waals surface area contributed by atoms with Gasteiger partial charge in [0, 0.05) is 23.5 Å². The minimum atomic E-state index is 0.206. The van der Waals surface area contributed by atoms with Gasteiger partial charge in [-0.25, -0.2) is 0 Å². The normalized spacial score (nSPS) is 10.3.